The second-order valence-electron chi connectivity index (χ2n) is 4.97. The highest BCUT2D eigenvalue weighted by molar-refractivity contribution is 5.79. The normalized spacial score (nSPS) is 10.4. The van der Waals surface area contributed by atoms with Crippen LogP contribution in [0.3, 0.4) is 0 Å². The number of hydrogen-bond acceptors (Lipinski definition) is 3. The summed E-state index contributed by atoms with van der Waals surface area (Å²) in [6.07, 6.45) is 1.64. The number of aryl methyl sites for hydroxylation is 1. The van der Waals surface area contributed by atoms with E-state index in [4.69, 9.17) is 4.74 Å². The summed E-state index contributed by atoms with van der Waals surface area (Å²) in [6, 6.07) is 19.6. The summed E-state index contributed by atoms with van der Waals surface area (Å²) in [5.74, 6) is 0.470. The van der Waals surface area contributed by atoms with Crippen LogP contribution in [0.25, 0.3) is 11.1 Å². The summed E-state index contributed by atoms with van der Waals surface area (Å²) in [7, 11) is 0. The number of aromatic nitrogens is 2. The van der Waals surface area contributed by atoms with Gasteiger partial charge in [-0.05, 0) is 36.2 Å². The van der Waals surface area contributed by atoms with Crippen molar-refractivity contribution in [1.29, 1.82) is 0 Å². The van der Waals surface area contributed by atoms with Crippen LogP contribution in [-0.4, -0.2) is 22.3 Å². The van der Waals surface area contributed by atoms with E-state index in [0.29, 0.717) is 5.75 Å². The molecule has 0 saturated heterocycles. The lowest BCUT2D eigenvalue weighted by atomic mass is 10.1. The number of rotatable bonds is 4. The van der Waals surface area contributed by atoms with E-state index < -0.39 is 0 Å². The van der Waals surface area contributed by atoms with Crippen LogP contribution >= 0.6 is 0 Å². The fraction of sp³-hybridized carbons (Fsp3) is 0.111. The Morgan fingerprint density at radius 1 is 1.00 bits per heavy atom. The fourth-order valence-electron chi connectivity index (χ4n) is 2.14. The van der Waals surface area contributed by atoms with Crippen LogP contribution in [0, 0.1) is 6.92 Å². The van der Waals surface area contributed by atoms with Gasteiger partial charge in [0.05, 0.1) is 5.69 Å². The Hall–Kier alpha value is -2.88. The van der Waals surface area contributed by atoms with Gasteiger partial charge in [-0.3, -0.25) is 4.79 Å². The van der Waals surface area contributed by atoms with E-state index in [1.165, 1.54) is 4.68 Å². The second-order valence-corrected chi connectivity index (χ2v) is 4.97. The van der Waals surface area contributed by atoms with Gasteiger partial charge in [0.25, 0.3) is 5.91 Å². The maximum Gasteiger partial charge on any atom is 0.284 e. The van der Waals surface area contributed by atoms with Crippen LogP contribution in [0.4, 0.5) is 0 Å². The van der Waals surface area contributed by atoms with Crippen molar-refractivity contribution in [2.75, 3.05) is 6.61 Å². The first kappa shape index (κ1) is 14.1. The first-order valence-corrected chi connectivity index (χ1v) is 7.06. The molecule has 3 aromatic rings. The molecule has 0 aliphatic heterocycles. The van der Waals surface area contributed by atoms with E-state index in [0.717, 1.165) is 16.8 Å². The Labute approximate surface area is 129 Å². The minimum absolute atomic E-state index is 0.0359. The van der Waals surface area contributed by atoms with Crippen LogP contribution in [0.2, 0.25) is 0 Å². The van der Waals surface area contributed by atoms with Crippen molar-refractivity contribution in [3.8, 4) is 16.9 Å². The molecule has 0 aliphatic carbocycles. The third kappa shape index (κ3) is 3.23. The molecule has 0 bridgehead atoms. The van der Waals surface area contributed by atoms with Gasteiger partial charge in [0.15, 0.2) is 6.61 Å². The molecule has 0 unspecified atom stereocenters. The van der Waals surface area contributed by atoms with Crippen molar-refractivity contribution in [1.82, 2.24) is 9.78 Å². The first-order chi connectivity index (χ1) is 10.7. The first-order valence-electron chi connectivity index (χ1n) is 7.06. The predicted octanol–water partition coefficient (Wildman–Crippen LogP) is 3.58. The molecule has 0 aliphatic rings. The standard InChI is InChI=1S/C18H16N2O2/c1-14-11-12-20(19-14)18(21)13-22-17-9-7-16(8-10-17)15-5-3-2-4-6-15/h2-12H,13H2,1H3. The lowest BCUT2D eigenvalue weighted by molar-refractivity contribution is 0.0820. The fourth-order valence-corrected chi connectivity index (χ4v) is 2.14. The summed E-state index contributed by atoms with van der Waals surface area (Å²) >= 11 is 0. The van der Waals surface area contributed by atoms with Gasteiger partial charge in [-0.2, -0.15) is 5.10 Å². The van der Waals surface area contributed by atoms with E-state index in [9.17, 15) is 4.79 Å². The van der Waals surface area contributed by atoms with Gasteiger partial charge in [0, 0.05) is 6.20 Å². The van der Waals surface area contributed by atoms with E-state index in [-0.39, 0.29) is 12.5 Å². The molecule has 4 heteroatoms. The molecular weight excluding hydrogens is 276 g/mol. The molecule has 0 atom stereocenters. The average Bonchev–Trinajstić information content (AvgIpc) is 3.00. The Kier molecular flexibility index (Phi) is 4.01. The Bertz CT molecular complexity index is 761. The summed E-state index contributed by atoms with van der Waals surface area (Å²) in [5, 5.41) is 4.06. The number of hydrogen-bond donors (Lipinski definition) is 0. The minimum Gasteiger partial charge on any atom is -0.484 e. The monoisotopic (exact) mass is 292 g/mol. The summed E-state index contributed by atoms with van der Waals surface area (Å²) in [4.78, 5) is 11.9. The maximum atomic E-state index is 11.9. The molecule has 2 aromatic carbocycles. The van der Waals surface area contributed by atoms with Crippen molar-refractivity contribution < 1.29 is 9.53 Å². The van der Waals surface area contributed by atoms with E-state index in [1.54, 1.807) is 12.3 Å². The smallest absolute Gasteiger partial charge is 0.284 e. The SMILES string of the molecule is Cc1ccn(C(=O)COc2ccc(-c3ccccc3)cc2)n1. The van der Waals surface area contributed by atoms with Crippen LogP contribution < -0.4 is 4.74 Å². The molecule has 0 amide bonds. The zero-order chi connectivity index (χ0) is 15.4. The van der Waals surface area contributed by atoms with E-state index >= 15 is 0 Å². The molecule has 3 rings (SSSR count). The van der Waals surface area contributed by atoms with E-state index in [2.05, 4.69) is 17.2 Å². The molecular formula is C18H16N2O2. The zero-order valence-electron chi connectivity index (χ0n) is 12.3. The highest BCUT2D eigenvalue weighted by atomic mass is 16.5. The van der Waals surface area contributed by atoms with Crippen molar-refractivity contribution in [2.24, 2.45) is 0 Å². The molecule has 1 aromatic heterocycles. The van der Waals surface area contributed by atoms with Gasteiger partial charge < -0.3 is 4.74 Å². The number of carbonyl (C=O) groups excluding carboxylic acids is 1. The second kappa shape index (κ2) is 6.26. The molecule has 0 N–H and O–H groups in total. The van der Waals surface area contributed by atoms with Gasteiger partial charge in [0.2, 0.25) is 0 Å². The Balaban J connectivity index is 1.63. The van der Waals surface area contributed by atoms with Crippen LogP contribution in [0.1, 0.15) is 10.5 Å². The average molecular weight is 292 g/mol. The lowest BCUT2D eigenvalue weighted by Gasteiger charge is -2.07. The molecule has 22 heavy (non-hydrogen) atoms. The van der Waals surface area contributed by atoms with Crippen molar-refractivity contribution in [3.05, 3.63) is 72.6 Å². The minimum atomic E-state index is -0.194. The summed E-state index contributed by atoms with van der Waals surface area (Å²) in [6.45, 7) is 1.80. The Morgan fingerprint density at radius 3 is 2.32 bits per heavy atom. The molecule has 0 radical (unpaired) electrons. The van der Waals surface area contributed by atoms with Crippen molar-refractivity contribution in [2.45, 2.75) is 6.92 Å². The van der Waals surface area contributed by atoms with E-state index in [1.807, 2.05) is 49.4 Å². The maximum absolute atomic E-state index is 11.9. The van der Waals surface area contributed by atoms with Crippen LogP contribution in [-0.2, 0) is 0 Å². The van der Waals surface area contributed by atoms with Crippen LogP contribution in [0.15, 0.2) is 66.9 Å². The molecule has 110 valence electrons. The highest BCUT2D eigenvalue weighted by Crippen LogP contribution is 2.21. The third-order valence-corrected chi connectivity index (χ3v) is 3.30. The van der Waals surface area contributed by atoms with Crippen LogP contribution in [0.5, 0.6) is 5.75 Å². The number of benzene rings is 2. The molecule has 0 saturated carbocycles. The quantitative estimate of drug-likeness (QED) is 0.738. The number of ether oxygens (including phenoxy) is 1. The Morgan fingerprint density at radius 2 is 1.68 bits per heavy atom. The van der Waals surface area contributed by atoms with Crippen molar-refractivity contribution in [3.63, 3.8) is 0 Å². The topological polar surface area (TPSA) is 44.1 Å². The highest BCUT2D eigenvalue weighted by Gasteiger charge is 2.07. The van der Waals surface area contributed by atoms with Crippen molar-refractivity contribution >= 4 is 5.91 Å². The lowest BCUT2D eigenvalue weighted by Crippen LogP contribution is -2.19. The molecule has 1 heterocycles. The molecule has 0 fully saturated rings. The predicted molar refractivity (Wildman–Crippen MR) is 85.0 cm³/mol. The van der Waals surface area contributed by atoms with Gasteiger partial charge in [-0.1, -0.05) is 42.5 Å². The van der Waals surface area contributed by atoms with Gasteiger partial charge >= 0.3 is 0 Å². The summed E-state index contributed by atoms with van der Waals surface area (Å²) in [5.41, 5.74) is 3.07. The van der Waals surface area contributed by atoms with Gasteiger partial charge in [0.1, 0.15) is 5.75 Å². The zero-order valence-corrected chi connectivity index (χ0v) is 12.3. The largest absolute Gasteiger partial charge is 0.484 e. The van der Waals surface area contributed by atoms with Gasteiger partial charge in [-0.15, -0.1) is 0 Å². The van der Waals surface area contributed by atoms with Gasteiger partial charge in [-0.25, -0.2) is 4.68 Å². The molecule has 0 spiro atoms. The number of carbonyl (C=O) groups is 1. The number of nitrogens with zero attached hydrogens (tertiary/aromatic N) is 2. The molecule has 4 nitrogen and oxygen atoms in total. The summed E-state index contributed by atoms with van der Waals surface area (Å²) < 4.78 is 6.81. The third-order valence-electron chi connectivity index (χ3n) is 3.30.